The van der Waals surface area contributed by atoms with E-state index < -0.39 is 0 Å². The van der Waals surface area contributed by atoms with E-state index in [1.807, 2.05) is 49.3 Å². The quantitative estimate of drug-likeness (QED) is 0.657. The summed E-state index contributed by atoms with van der Waals surface area (Å²) < 4.78 is 0. The fourth-order valence-electron chi connectivity index (χ4n) is 1.98. The number of pyridine rings is 1. The number of anilines is 2. The SMILES string of the molecule is CCc1ccc(NC(N)=NCc2cccc(N(C)C)n2)cc1. The fraction of sp³-hybridized carbons (Fsp3) is 0.294. The molecule has 0 unspecified atom stereocenters. The molecule has 22 heavy (non-hydrogen) atoms. The monoisotopic (exact) mass is 297 g/mol. The van der Waals surface area contributed by atoms with E-state index in [1.54, 1.807) is 0 Å². The van der Waals surface area contributed by atoms with Crippen LogP contribution in [0.15, 0.2) is 47.5 Å². The van der Waals surface area contributed by atoms with E-state index in [4.69, 9.17) is 5.73 Å². The van der Waals surface area contributed by atoms with Crippen molar-refractivity contribution >= 4 is 17.5 Å². The van der Waals surface area contributed by atoms with Gasteiger partial charge in [-0.25, -0.2) is 9.98 Å². The molecular weight excluding hydrogens is 274 g/mol. The molecule has 0 saturated carbocycles. The topological polar surface area (TPSA) is 66.5 Å². The van der Waals surface area contributed by atoms with Crippen LogP contribution in [-0.4, -0.2) is 25.0 Å². The maximum Gasteiger partial charge on any atom is 0.193 e. The summed E-state index contributed by atoms with van der Waals surface area (Å²) in [7, 11) is 3.93. The summed E-state index contributed by atoms with van der Waals surface area (Å²) in [5.41, 5.74) is 9.04. The Labute approximate surface area is 131 Å². The fourth-order valence-corrected chi connectivity index (χ4v) is 1.98. The van der Waals surface area contributed by atoms with Crippen molar-refractivity contribution in [3.63, 3.8) is 0 Å². The number of nitrogens with two attached hydrogens (primary N) is 1. The minimum absolute atomic E-state index is 0.390. The van der Waals surface area contributed by atoms with Crippen LogP contribution >= 0.6 is 0 Å². The molecule has 5 nitrogen and oxygen atoms in total. The van der Waals surface area contributed by atoms with E-state index in [0.29, 0.717) is 12.5 Å². The number of aliphatic imine (C=N–C) groups is 1. The van der Waals surface area contributed by atoms with Crippen molar-refractivity contribution in [2.24, 2.45) is 10.7 Å². The van der Waals surface area contributed by atoms with Crippen LogP contribution in [0.3, 0.4) is 0 Å². The Hall–Kier alpha value is -2.56. The zero-order valence-electron chi connectivity index (χ0n) is 13.4. The van der Waals surface area contributed by atoms with Crippen molar-refractivity contribution in [1.29, 1.82) is 0 Å². The summed E-state index contributed by atoms with van der Waals surface area (Å²) in [5, 5.41) is 3.09. The van der Waals surface area contributed by atoms with Gasteiger partial charge in [-0.3, -0.25) is 0 Å². The van der Waals surface area contributed by atoms with Gasteiger partial charge in [0.25, 0.3) is 0 Å². The Balaban J connectivity index is 1.98. The lowest BCUT2D eigenvalue weighted by molar-refractivity contribution is 0.958. The second-order valence-electron chi connectivity index (χ2n) is 5.26. The Morgan fingerprint density at radius 2 is 1.91 bits per heavy atom. The first-order valence-corrected chi connectivity index (χ1v) is 7.37. The van der Waals surface area contributed by atoms with Gasteiger partial charge in [0.15, 0.2) is 5.96 Å². The van der Waals surface area contributed by atoms with Gasteiger partial charge in [-0.15, -0.1) is 0 Å². The van der Waals surface area contributed by atoms with Gasteiger partial charge in [0.05, 0.1) is 12.2 Å². The summed E-state index contributed by atoms with van der Waals surface area (Å²) >= 11 is 0. The average Bonchev–Trinajstić information content (AvgIpc) is 2.54. The minimum atomic E-state index is 0.390. The third kappa shape index (κ3) is 4.48. The Morgan fingerprint density at radius 3 is 2.55 bits per heavy atom. The van der Waals surface area contributed by atoms with Gasteiger partial charge in [-0.2, -0.15) is 0 Å². The minimum Gasteiger partial charge on any atom is -0.370 e. The van der Waals surface area contributed by atoms with Gasteiger partial charge in [0, 0.05) is 19.8 Å². The Kier molecular flexibility index (Phi) is 5.36. The number of nitrogens with zero attached hydrogens (tertiary/aromatic N) is 3. The molecule has 2 rings (SSSR count). The first-order chi connectivity index (χ1) is 10.6. The lowest BCUT2D eigenvalue weighted by atomic mass is 10.1. The summed E-state index contributed by atoms with van der Waals surface area (Å²) in [4.78, 5) is 10.8. The van der Waals surface area contributed by atoms with Crippen LogP contribution in [0.2, 0.25) is 0 Å². The number of hydrogen-bond donors (Lipinski definition) is 2. The summed E-state index contributed by atoms with van der Waals surface area (Å²) in [6.45, 7) is 2.58. The molecular formula is C17H23N5. The molecule has 1 aromatic heterocycles. The molecule has 0 amide bonds. The van der Waals surface area contributed by atoms with Crippen molar-refractivity contribution < 1.29 is 0 Å². The summed E-state index contributed by atoms with van der Waals surface area (Å²) in [6, 6.07) is 14.1. The lowest BCUT2D eigenvalue weighted by Crippen LogP contribution is -2.22. The highest BCUT2D eigenvalue weighted by Gasteiger charge is 2.00. The van der Waals surface area contributed by atoms with E-state index in [2.05, 4.69) is 34.3 Å². The highest BCUT2D eigenvalue weighted by atomic mass is 15.1. The third-order valence-corrected chi connectivity index (χ3v) is 3.30. The number of benzene rings is 1. The molecule has 1 aromatic carbocycles. The van der Waals surface area contributed by atoms with Crippen molar-refractivity contribution in [3.8, 4) is 0 Å². The molecule has 1 heterocycles. The van der Waals surface area contributed by atoms with Gasteiger partial charge >= 0.3 is 0 Å². The zero-order chi connectivity index (χ0) is 15.9. The predicted molar refractivity (Wildman–Crippen MR) is 93.3 cm³/mol. The van der Waals surface area contributed by atoms with Crippen molar-refractivity contribution in [2.45, 2.75) is 19.9 Å². The van der Waals surface area contributed by atoms with Crippen molar-refractivity contribution in [3.05, 3.63) is 53.7 Å². The van der Waals surface area contributed by atoms with Gasteiger partial charge in [-0.1, -0.05) is 25.1 Å². The highest BCUT2D eigenvalue weighted by molar-refractivity contribution is 5.92. The van der Waals surface area contributed by atoms with Crippen LogP contribution in [0.4, 0.5) is 11.5 Å². The number of aromatic nitrogens is 1. The molecule has 5 heteroatoms. The van der Waals surface area contributed by atoms with E-state index in [9.17, 15) is 0 Å². The molecule has 3 N–H and O–H groups in total. The second-order valence-corrected chi connectivity index (χ2v) is 5.26. The number of nitrogens with one attached hydrogen (secondary N) is 1. The van der Waals surface area contributed by atoms with Crippen LogP contribution in [0.25, 0.3) is 0 Å². The maximum absolute atomic E-state index is 5.92. The van der Waals surface area contributed by atoms with E-state index >= 15 is 0 Å². The van der Waals surface area contributed by atoms with E-state index in [-0.39, 0.29) is 0 Å². The van der Waals surface area contributed by atoms with Crippen LogP contribution in [0.5, 0.6) is 0 Å². The summed E-state index contributed by atoms with van der Waals surface area (Å²) in [5.74, 6) is 1.30. The molecule has 0 fully saturated rings. The molecule has 0 spiro atoms. The van der Waals surface area contributed by atoms with Crippen LogP contribution in [-0.2, 0) is 13.0 Å². The first kappa shape index (κ1) is 15.8. The molecule has 116 valence electrons. The molecule has 0 saturated heterocycles. The molecule has 0 aliphatic rings. The molecule has 0 radical (unpaired) electrons. The normalized spacial score (nSPS) is 11.3. The number of aryl methyl sites for hydroxylation is 1. The molecule has 2 aromatic rings. The standard InChI is InChI=1S/C17H23N5/c1-4-13-8-10-14(11-9-13)21-17(18)19-12-15-6-5-7-16(20-15)22(2)3/h5-11H,4,12H2,1-3H3,(H3,18,19,21). The maximum atomic E-state index is 5.92. The second kappa shape index (κ2) is 7.45. The predicted octanol–water partition coefficient (Wildman–Crippen LogP) is 2.64. The Morgan fingerprint density at radius 1 is 1.18 bits per heavy atom. The average molecular weight is 297 g/mol. The number of hydrogen-bond acceptors (Lipinski definition) is 3. The highest BCUT2D eigenvalue weighted by Crippen LogP contribution is 2.10. The van der Waals surface area contributed by atoms with Gasteiger partial charge < -0.3 is 16.0 Å². The molecule has 0 aliphatic heterocycles. The lowest BCUT2D eigenvalue weighted by Gasteiger charge is -2.11. The van der Waals surface area contributed by atoms with Gasteiger partial charge in [0.1, 0.15) is 5.82 Å². The van der Waals surface area contributed by atoms with Crippen LogP contribution < -0.4 is 16.0 Å². The number of rotatable bonds is 5. The van der Waals surface area contributed by atoms with Gasteiger partial charge in [-0.05, 0) is 36.2 Å². The first-order valence-electron chi connectivity index (χ1n) is 7.37. The third-order valence-electron chi connectivity index (χ3n) is 3.30. The van der Waals surface area contributed by atoms with Crippen LogP contribution in [0.1, 0.15) is 18.2 Å². The molecule has 0 aliphatic carbocycles. The van der Waals surface area contributed by atoms with Crippen molar-refractivity contribution in [1.82, 2.24) is 4.98 Å². The largest absolute Gasteiger partial charge is 0.370 e. The van der Waals surface area contributed by atoms with Crippen LogP contribution in [0, 0.1) is 0 Å². The van der Waals surface area contributed by atoms with E-state index in [0.717, 1.165) is 23.6 Å². The smallest absolute Gasteiger partial charge is 0.193 e. The van der Waals surface area contributed by atoms with Crippen molar-refractivity contribution in [2.75, 3.05) is 24.3 Å². The zero-order valence-corrected chi connectivity index (χ0v) is 13.4. The van der Waals surface area contributed by atoms with E-state index in [1.165, 1.54) is 5.56 Å². The van der Waals surface area contributed by atoms with Gasteiger partial charge in [0.2, 0.25) is 0 Å². The molecule has 0 atom stereocenters. The Bertz CT molecular complexity index is 632. The molecule has 0 bridgehead atoms. The summed E-state index contributed by atoms with van der Waals surface area (Å²) in [6.07, 6.45) is 1.03. The number of guanidine groups is 1.